The molecule has 0 unspecified atom stereocenters. The second-order valence-corrected chi connectivity index (χ2v) is 26.4. The predicted octanol–water partition coefficient (Wildman–Crippen LogP) is 16.4. The number of nitrogens with zero attached hydrogens (tertiary/aromatic N) is 2. The highest BCUT2D eigenvalue weighted by Gasteiger charge is 2.51. The highest BCUT2D eigenvalue weighted by atomic mass is 15.2. The van der Waals surface area contributed by atoms with Crippen LogP contribution in [0.2, 0.25) is 0 Å². The van der Waals surface area contributed by atoms with Gasteiger partial charge in [0.25, 0.3) is 6.71 Å². The standard InChI is InChI=1S/C67H73BN2/c1-40-33-44(62(3,4)5)25-28-54(40)69-56-39-51-49(64(8,9)30-32-66(51,12)13)37-53(56)68-52-27-26-46-45-23-19-20-24-47(45)67(14,15)59(46)61(52)70(58-36-43(35-57(69)60(58)68)42-21-17-16-18-22-42)55-38-50-48(34-41(55)2)63(6,7)29-31-65(50,10)11/h16-28,33-39H,29-32H2,1-15H3. The van der Waals surface area contributed by atoms with Crippen LogP contribution in [-0.4, -0.2) is 6.71 Å². The Labute approximate surface area is 420 Å². The fourth-order valence-electron chi connectivity index (χ4n) is 14.0. The van der Waals surface area contributed by atoms with Gasteiger partial charge >= 0.3 is 0 Å². The van der Waals surface area contributed by atoms with Gasteiger partial charge in [-0.05, 0) is 186 Å². The summed E-state index contributed by atoms with van der Waals surface area (Å²) < 4.78 is 0. The minimum Gasteiger partial charge on any atom is -0.311 e. The molecule has 3 heteroatoms. The van der Waals surface area contributed by atoms with Crippen LogP contribution in [0.1, 0.15) is 166 Å². The first-order valence-electron chi connectivity index (χ1n) is 26.5. The van der Waals surface area contributed by atoms with Gasteiger partial charge < -0.3 is 9.80 Å². The highest BCUT2D eigenvalue weighted by molar-refractivity contribution is 7.00. The van der Waals surface area contributed by atoms with Crippen LogP contribution in [0.5, 0.6) is 0 Å². The summed E-state index contributed by atoms with van der Waals surface area (Å²) in [6.45, 7) is 36.6. The first kappa shape index (κ1) is 45.4. The first-order chi connectivity index (χ1) is 32.9. The van der Waals surface area contributed by atoms with Crippen LogP contribution < -0.4 is 26.2 Å². The minimum atomic E-state index is -0.242. The van der Waals surface area contributed by atoms with Gasteiger partial charge in [-0.15, -0.1) is 0 Å². The average Bonchev–Trinajstić information content (AvgIpc) is 3.55. The van der Waals surface area contributed by atoms with Crippen LogP contribution in [0.4, 0.5) is 34.1 Å². The van der Waals surface area contributed by atoms with Crippen molar-refractivity contribution in [1.82, 2.24) is 0 Å². The quantitative estimate of drug-likeness (QED) is 0.163. The fourth-order valence-corrected chi connectivity index (χ4v) is 14.0. The molecule has 0 atom stereocenters. The fraction of sp³-hybridized carbons (Fsp3) is 0.373. The van der Waals surface area contributed by atoms with Crippen molar-refractivity contribution in [2.24, 2.45) is 0 Å². The molecule has 354 valence electrons. The first-order valence-corrected chi connectivity index (χ1v) is 26.5. The number of hydrogen-bond acceptors (Lipinski definition) is 2. The molecule has 0 N–H and O–H groups in total. The zero-order valence-electron chi connectivity index (χ0n) is 44.8. The summed E-state index contributed by atoms with van der Waals surface area (Å²) in [5.74, 6) is 0. The Bertz CT molecular complexity index is 3370. The van der Waals surface area contributed by atoms with E-state index in [0.29, 0.717) is 0 Å². The summed E-state index contributed by atoms with van der Waals surface area (Å²) in [7, 11) is 0. The summed E-state index contributed by atoms with van der Waals surface area (Å²) in [4.78, 5) is 5.50. The maximum atomic E-state index is 2.79. The van der Waals surface area contributed by atoms with E-state index >= 15 is 0 Å². The van der Waals surface area contributed by atoms with Crippen LogP contribution in [0.15, 0.2) is 121 Å². The zero-order chi connectivity index (χ0) is 49.4. The van der Waals surface area contributed by atoms with Crippen molar-refractivity contribution in [3.63, 3.8) is 0 Å². The number of fused-ring (bicyclic) bond motifs is 10. The Balaban J connectivity index is 1.27. The second kappa shape index (κ2) is 14.7. The van der Waals surface area contributed by atoms with Crippen molar-refractivity contribution in [2.75, 3.05) is 9.80 Å². The van der Waals surface area contributed by atoms with Gasteiger partial charge in [-0.1, -0.05) is 181 Å². The molecule has 0 radical (unpaired) electrons. The van der Waals surface area contributed by atoms with Crippen LogP contribution in [0, 0.1) is 13.8 Å². The molecule has 2 heterocycles. The topological polar surface area (TPSA) is 6.48 Å². The van der Waals surface area contributed by atoms with Gasteiger partial charge in [0.1, 0.15) is 0 Å². The SMILES string of the molecule is Cc1cc(C(C)(C)C)ccc1N1c2cc3c(cc2B2c4ccc5c(c4N(c4cc6c(cc4C)C(C)(C)CCC6(C)C)c4cc(-c6ccccc6)cc1c42)C(C)(C)c1ccccc1-5)C(C)(C)CCC3(C)C. The van der Waals surface area contributed by atoms with E-state index in [1.165, 1.54) is 149 Å². The molecule has 0 fully saturated rings. The molecule has 0 aromatic heterocycles. The van der Waals surface area contributed by atoms with Gasteiger partial charge in [0.05, 0.1) is 0 Å². The predicted molar refractivity (Wildman–Crippen MR) is 302 cm³/mol. The number of anilines is 6. The van der Waals surface area contributed by atoms with E-state index in [4.69, 9.17) is 0 Å². The van der Waals surface area contributed by atoms with E-state index in [2.05, 4.69) is 235 Å². The maximum Gasteiger partial charge on any atom is 0.252 e. The van der Waals surface area contributed by atoms with Crippen LogP contribution in [0.3, 0.4) is 0 Å². The van der Waals surface area contributed by atoms with Gasteiger partial charge in [-0.25, -0.2) is 0 Å². The van der Waals surface area contributed by atoms with Crippen molar-refractivity contribution in [1.29, 1.82) is 0 Å². The van der Waals surface area contributed by atoms with E-state index in [1.807, 2.05) is 0 Å². The summed E-state index contributed by atoms with van der Waals surface area (Å²) in [5, 5.41) is 0. The van der Waals surface area contributed by atoms with E-state index in [1.54, 1.807) is 0 Å². The maximum absolute atomic E-state index is 2.79. The largest absolute Gasteiger partial charge is 0.311 e. The highest BCUT2D eigenvalue weighted by Crippen LogP contribution is 2.58. The normalized spacial score (nSPS) is 19.0. The Morgan fingerprint density at radius 2 is 0.971 bits per heavy atom. The van der Waals surface area contributed by atoms with Crippen LogP contribution >= 0.6 is 0 Å². The van der Waals surface area contributed by atoms with E-state index in [-0.39, 0.29) is 39.2 Å². The third-order valence-corrected chi connectivity index (χ3v) is 18.5. The molecule has 2 nitrogen and oxygen atoms in total. The molecule has 12 rings (SSSR count). The zero-order valence-corrected chi connectivity index (χ0v) is 44.8. The van der Waals surface area contributed by atoms with Crippen molar-refractivity contribution in [3.05, 3.63) is 171 Å². The molecule has 2 aliphatic heterocycles. The second-order valence-electron chi connectivity index (χ2n) is 26.4. The van der Waals surface area contributed by atoms with Crippen molar-refractivity contribution < 1.29 is 0 Å². The summed E-state index contributed by atoms with van der Waals surface area (Å²) >= 11 is 0. The van der Waals surface area contributed by atoms with Gasteiger partial charge in [0.15, 0.2) is 0 Å². The Kier molecular flexibility index (Phi) is 9.49. The number of benzene rings is 7. The summed E-state index contributed by atoms with van der Waals surface area (Å²) in [5.41, 5.74) is 30.1. The molecule has 0 bridgehead atoms. The minimum absolute atomic E-state index is 0.00531. The third-order valence-electron chi connectivity index (χ3n) is 18.5. The molecule has 0 saturated carbocycles. The monoisotopic (exact) mass is 917 g/mol. The lowest BCUT2D eigenvalue weighted by Crippen LogP contribution is -2.62. The van der Waals surface area contributed by atoms with Crippen molar-refractivity contribution in [2.45, 2.75) is 162 Å². The third kappa shape index (κ3) is 6.37. The molecule has 7 aromatic rings. The molecule has 70 heavy (non-hydrogen) atoms. The lowest BCUT2D eigenvalue weighted by molar-refractivity contribution is 0.332. The van der Waals surface area contributed by atoms with Gasteiger partial charge in [0, 0.05) is 39.5 Å². The van der Waals surface area contributed by atoms with Crippen molar-refractivity contribution >= 4 is 57.2 Å². The number of aryl methyl sites for hydroxylation is 2. The Morgan fingerprint density at radius 1 is 0.429 bits per heavy atom. The molecule has 7 aromatic carbocycles. The average molecular weight is 917 g/mol. The van der Waals surface area contributed by atoms with Gasteiger partial charge in [-0.2, -0.15) is 0 Å². The van der Waals surface area contributed by atoms with E-state index < -0.39 is 0 Å². The Morgan fingerprint density at radius 3 is 1.59 bits per heavy atom. The molecule has 3 aliphatic carbocycles. The summed E-state index contributed by atoms with van der Waals surface area (Å²) in [6, 6.07) is 48.5. The summed E-state index contributed by atoms with van der Waals surface area (Å²) in [6.07, 6.45) is 4.70. The van der Waals surface area contributed by atoms with E-state index in [9.17, 15) is 0 Å². The van der Waals surface area contributed by atoms with Crippen LogP contribution in [-0.2, 0) is 32.5 Å². The molecule has 0 saturated heterocycles. The number of rotatable bonds is 3. The van der Waals surface area contributed by atoms with Gasteiger partial charge in [-0.3, -0.25) is 0 Å². The van der Waals surface area contributed by atoms with E-state index in [0.717, 1.165) is 0 Å². The molecule has 0 amide bonds. The lowest BCUT2D eigenvalue weighted by atomic mass is 9.32. The van der Waals surface area contributed by atoms with Gasteiger partial charge in [0.2, 0.25) is 0 Å². The molecule has 0 spiro atoms. The molecular formula is C67H73BN2. The Hall–Kier alpha value is -5.80. The van der Waals surface area contributed by atoms with Crippen LogP contribution in [0.25, 0.3) is 22.3 Å². The smallest absolute Gasteiger partial charge is 0.252 e. The van der Waals surface area contributed by atoms with Crippen molar-refractivity contribution in [3.8, 4) is 22.3 Å². The lowest BCUT2D eigenvalue weighted by Gasteiger charge is -2.49. The molecule has 5 aliphatic rings. The number of hydrogen-bond donors (Lipinski definition) is 0. The molecular weight excluding hydrogens is 844 g/mol.